The van der Waals surface area contributed by atoms with E-state index < -0.39 is 15.8 Å². The molecule has 2 atom stereocenters. The van der Waals surface area contributed by atoms with Gasteiger partial charge in [-0.05, 0) is 60.7 Å². The van der Waals surface area contributed by atoms with Crippen molar-refractivity contribution in [3.05, 3.63) is 65.7 Å². The molecule has 5 nitrogen and oxygen atoms in total. The zero-order valence-electron chi connectivity index (χ0n) is 15.8. The standard InChI is InChI=1S/C21H22F2N2O3S/c22-17-7-9-19(10-8-17)29(27,28)24-13-16-4-2-6-21(26)25(20(16)14-24)12-15-3-1-5-18(23)11-15/h1,3,5,7-11,16,20H,2,4,6,12-14H2. The third-order valence-electron chi connectivity index (χ3n) is 5.75. The van der Waals surface area contributed by atoms with Crippen molar-refractivity contribution in [3.8, 4) is 0 Å². The van der Waals surface area contributed by atoms with E-state index in [9.17, 15) is 22.0 Å². The Morgan fingerprint density at radius 3 is 2.48 bits per heavy atom. The summed E-state index contributed by atoms with van der Waals surface area (Å²) >= 11 is 0. The highest BCUT2D eigenvalue weighted by atomic mass is 32.2. The second-order valence-electron chi connectivity index (χ2n) is 7.65. The molecule has 2 unspecified atom stereocenters. The highest BCUT2D eigenvalue weighted by molar-refractivity contribution is 7.89. The van der Waals surface area contributed by atoms with Crippen molar-refractivity contribution in [1.82, 2.24) is 9.21 Å². The first-order chi connectivity index (χ1) is 13.8. The molecule has 29 heavy (non-hydrogen) atoms. The van der Waals surface area contributed by atoms with Crippen LogP contribution >= 0.6 is 0 Å². The van der Waals surface area contributed by atoms with Gasteiger partial charge < -0.3 is 4.90 Å². The first-order valence-corrected chi connectivity index (χ1v) is 11.1. The summed E-state index contributed by atoms with van der Waals surface area (Å²) in [6.45, 7) is 0.755. The Morgan fingerprint density at radius 1 is 1.00 bits per heavy atom. The summed E-state index contributed by atoms with van der Waals surface area (Å²) in [5.74, 6) is -0.885. The lowest BCUT2D eigenvalue weighted by molar-refractivity contribution is -0.133. The molecule has 1 amide bonds. The van der Waals surface area contributed by atoms with Gasteiger partial charge in [-0.15, -0.1) is 0 Å². The van der Waals surface area contributed by atoms with Crippen LogP contribution in [0.4, 0.5) is 8.78 Å². The fourth-order valence-corrected chi connectivity index (χ4v) is 5.80. The summed E-state index contributed by atoms with van der Waals surface area (Å²) in [5, 5.41) is 0. The second-order valence-corrected chi connectivity index (χ2v) is 9.59. The molecule has 0 bridgehead atoms. The molecule has 4 rings (SSSR count). The number of fused-ring (bicyclic) bond motifs is 1. The predicted octanol–water partition coefficient (Wildman–Crippen LogP) is 3.17. The summed E-state index contributed by atoms with van der Waals surface area (Å²) in [7, 11) is -3.78. The van der Waals surface area contributed by atoms with Gasteiger partial charge in [0.25, 0.3) is 0 Å². The molecule has 2 heterocycles. The molecule has 0 saturated carbocycles. The summed E-state index contributed by atoms with van der Waals surface area (Å²) in [4.78, 5) is 14.5. The van der Waals surface area contributed by atoms with Crippen molar-refractivity contribution in [2.24, 2.45) is 5.92 Å². The first kappa shape index (κ1) is 20.0. The molecule has 0 aliphatic carbocycles. The zero-order chi connectivity index (χ0) is 20.6. The number of rotatable bonds is 4. The Balaban J connectivity index is 1.59. The molecular weight excluding hydrogens is 398 g/mol. The van der Waals surface area contributed by atoms with E-state index in [0.29, 0.717) is 24.9 Å². The van der Waals surface area contributed by atoms with Gasteiger partial charge in [0.15, 0.2) is 0 Å². The predicted molar refractivity (Wildman–Crippen MR) is 103 cm³/mol. The van der Waals surface area contributed by atoms with Crippen molar-refractivity contribution in [1.29, 1.82) is 0 Å². The summed E-state index contributed by atoms with van der Waals surface area (Å²) in [5.41, 5.74) is 0.679. The van der Waals surface area contributed by atoms with E-state index in [-0.39, 0.29) is 41.7 Å². The van der Waals surface area contributed by atoms with Gasteiger partial charge in [-0.25, -0.2) is 17.2 Å². The minimum Gasteiger partial charge on any atom is -0.334 e. The van der Waals surface area contributed by atoms with Gasteiger partial charge in [-0.3, -0.25) is 4.79 Å². The van der Waals surface area contributed by atoms with Gasteiger partial charge in [0.1, 0.15) is 11.6 Å². The number of nitrogens with zero attached hydrogens (tertiary/aromatic N) is 2. The molecule has 2 saturated heterocycles. The normalized spacial score (nSPS) is 23.1. The first-order valence-electron chi connectivity index (χ1n) is 9.64. The van der Waals surface area contributed by atoms with Gasteiger partial charge in [0.05, 0.1) is 4.90 Å². The van der Waals surface area contributed by atoms with Gasteiger partial charge in [-0.2, -0.15) is 4.31 Å². The lowest BCUT2D eigenvalue weighted by Gasteiger charge is -2.30. The number of hydrogen-bond donors (Lipinski definition) is 0. The summed E-state index contributed by atoms with van der Waals surface area (Å²) in [6, 6.07) is 10.6. The third-order valence-corrected chi connectivity index (χ3v) is 7.60. The van der Waals surface area contributed by atoms with Crippen LogP contribution in [0.5, 0.6) is 0 Å². The van der Waals surface area contributed by atoms with E-state index in [0.717, 1.165) is 18.6 Å². The Labute approximate surface area is 169 Å². The van der Waals surface area contributed by atoms with Crippen LogP contribution in [-0.2, 0) is 21.4 Å². The Morgan fingerprint density at radius 2 is 1.76 bits per heavy atom. The van der Waals surface area contributed by atoms with E-state index in [1.54, 1.807) is 17.0 Å². The number of halogens is 2. The van der Waals surface area contributed by atoms with Gasteiger partial charge in [0, 0.05) is 32.1 Å². The van der Waals surface area contributed by atoms with Crippen LogP contribution in [0.1, 0.15) is 24.8 Å². The molecule has 0 radical (unpaired) electrons. The topological polar surface area (TPSA) is 57.7 Å². The minimum absolute atomic E-state index is 0.0187. The maximum atomic E-state index is 13.6. The summed E-state index contributed by atoms with van der Waals surface area (Å²) in [6.07, 6.45) is 1.86. The molecular formula is C21H22F2N2O3S. The van der Waals surface area contributed by atoms with Crippen LogP contribution in [-0.4, -0.2) is 42.7 Å². The van der Waals surface area contributed by atoms with Crippen LogP contribution in [0.3, 0.4) is 0 Å². The van der Waals surface area contributed by atoms with Crippen molar-refractivity contribution in [3.63, 3.8) is 0 Å². The van der Waals surface area contributed by atoms with Gasteiger partial charge in [0.2, 0.25) is 15.9 Å². The van der Waals surface area contributed by atoms with Crippen molar-refractivity contribution in [2.75, 3.05) is 13.1 Å². The number of carbonyl (C=O) groups is 1. The van der Waals surface area contributed by atoms with Crippen LogP contribution in [0.25, 0.3) is 0 Å². The fraction of sp³-hybridized carbons (Fsp3) is 0.381. The average molecular weight is 420 g/mol. The van der Waals surface area contributed by atoms with E-state index in [2.05, 4.69) is 0 Å². The molecule has 154 valence electrons. The van der Waals surface area contributed by atoms with Crippen LogP contribution in [0, 0.1) is 17.6 Å². The third kappa shape index (κ3) is 4.04. The van der Waals surface area contributed by atoms with Crippen molar-refractivity contribution < 1.29 is 22.0 Å². The molecule has 0 spiro atoms. The number of carbonyl (C=O) groups excluding carboxylic acids is 1. The second kappa shape index (κ2) is 7.84. The highest BCUT2D eigenvalue weighted by Gasteiger charge is 2.44. The van der Waals surface area contributed by atoms with E-state index in [1.807, 2.05) is 0 Å². The van der Waals surface area contributed by atoms with Crippen LogP contribution in [0.15, 0.2) is 53.4 Å². The van der Waals surface area contributed by atoms with Gasteiger partial charge in [-0.1, -0.05) is 12.1 Å². The molecule has 2 aromatic carbocycles. The number of sulfonamides is 1. The quantitative estimate of drug-likeness (QED) is 0.764. The molecule has 0 N–H and O–H groups in total. The molecule has 2 aliphatic rings. The van der Waals surface area contributed by atoms with Crippen molar-refractivity contribution in [2.45, 2.75) is 36.7 Å². The Hall–Kier alpha value is -2.32. The maximum Gasteiger partial charge on any atom is 0.243 e. The molecule has 2 aliphatic heterocycles. The lowest BCUT2D eigenvalue weighted by atomic mass is 9.98. The van der Waals surface area contributed by atoms with Crippen LogP contribution in [0.2, 0.25) is 0 Å². The number of amides is 1. The van der Waals surface area contributed by atoms with E-state index >= 15 is 0 Å². The van der Waals surface area contributed by atoms with E-state index in [1.165, 1.54) is 28.6 Å². The monoisotopic (exact) mass is 420 g/mol. The number of likely N-dealkylation sites (tertiary alicyclic amines) is 1. The SMILES string of the molecule is O=C1CCCC2CN(S(=O)(=O)c3ccc(F)cc3)CC2N1Cc1cccc(F)c1. The van der Waals surface area contributed by atoms with Crippen molar-refractivity contribution >= 4 is 15.9 Å². The van der Waals surface area contributed by atoms with Gasteiger partial charge >= 0.3 is 0 Å². The van der Waals surface area contributed by atoms with Crippen LogP contribution < -0.4 is 0 Å². The molecule has 2 aromatic rings. The molecule has 8 heteroatoms. The Kier molecular flexibility index (Phi) is 5.40. The summed E-state index contributed by atoms with van der Waals surface area (Å²) < 4.78 is 54.2. The fourth-order valence-electron chi connectivity index (χ4n) is 4.29. The average Bonchev–Trinajstić information content (AvgIpc) is 3.05. The largest absolute Gasteiger partial charge is 0.334 e. The maximum absolute atomic E-state index is 13.6. The highest BCUT2D eigenvalue weighted by Crippen LogP contribution is 2.34. The minimum atomic E-state index is -3.78. The zero-order valence-corrected chi connectivity index (χ0v) is 16.6. The molecule has 2 fully saturated rings. The van der Waals surface area contributed by atoms with E-state index in [4.69, 9.17) is 0 Å². The number of benzene rings is 2. The molecule has 0 aromatic heterocycles. The Bertz CT molecular complexity index is 1010. The number of hydrogen-bond acceptors (Lipinski definition) is 3. The lowest BCUT2D eigenvalue weighted by Crippen LogP contribution is -2.43. The smallest absolute Gasteiger partial charge is 0.243 e.